The topological polar surface area (TPSA) is 467 Å². The molecule has 0 radical (unpaired) electrons. The summed E-state index contributed by atoms with van der Waals surface area (Å²) in [6.45, 7) is 15.4. The number of aliphatic imine (C=N–C) groups is 1. The molecule has 0 unspecified atom stereocenters. The number of carboxylic acid groups (broad SMARTS) is 1. The van der Waals surface area contributed by atoms with E-state index in [0.29, 0.717) is 12.0 Å². The second kappa shape index (κ2) is 35.0. The molecular weight excluding hydrogens is 1030 g/mol. The maximum Gasteiger partial charge on any atom is 0.326 e. The Bertz CT molecular complexity index is 2260. The number of carbonyl (C=O) groups is 11. The molecule has 0 saturated carbocycles. The first-order chi connectivity index (χ1) is 36.8. The summed E-state index contributed by atoms with van der Waals surface area (Å²) in [5.41, 5.74) is 28.7. The second-order valence-corrected chi connectivity index (χ2v) is 21.1. The highest BCUT2D eigenvalue weighted by molar-refractivity contribution is 5.98. The number of rotatable bonds is 37. The van der Waals surface area contributed by atoms with Gasteiger partial charge in [0.2, 0.25) is 59.1 Å². The number of hydrogen-bond acceptors (Lipinski definition) is 14. The fraction of sp³-hybridized carbons (Fsp3) is 0.654. The van der Waals surface area contributed by atoms with Crippen LogP contribution >= 0.6 is 0 Å². The number of carbonyl (C=O) groups excluding carboxylic acids is 10. The van der Waals surface area contributed by atoms with Crippen molar-refractivity contribution in [3.8, 4) is 5.75 Å². The van der Waals surface area contributed by atoms with Crippen molar-refractivity contribution in [2.45, 2.75) is 187 Å². The summed E-state index contributed by atoms with van der Waals surface area (Å²) < 4.78 is 0. The van der Waals surface area contributed by atoms with Crippen LogP contribution in [0.2, 0.25) is 0 Å². The van der Waals surface area contributed by atoms with Crippen LogP contribution in [0.4, 0.5) is 0 Å². The Balaban J connectivity index is 3.44. The van der Waals surface area contributed by atoms with Crippen molar-refractivity contribution in [1.29, 1.82) is 0 Å². The van der Waals surface area contributed by atoms with Gasteiger partial charge in [-0.3, -0.25) is 52.9 Å². The zero-order valence-corrected chi connectivity index (χ0v) is 47.0. The van der Waals surface area contributed by atoms with Crippen molar-refractivity contribution in [3.05, 3.63) is 29.8 Å². The fourth-order valence-electron chi connectivity index (χ4n) is 7.95. The van der Waals surface area contributed by atoms with Crippen LogP contribution in [0.15, 0.2) is 29.3 Å². The number of carboxylic acids is 1. The lowest BCUT2D eigenvalue weighted by molar-refractivity contribution is -0.143. The van der Waals surface area contributed by atoms with Gasteiger partial charge in [0.05, 0.1) is 6.04 Å². The number of hydrogen-bond donors (Lipinski definition) is 15. The molecule has 0 aliphatic rings. The fourth-order valence-corrected chi connectivity index (χ4v) is 7.95. The van der Waals surface area contributed by atoms with Crippen LogP contribution in [0.3, 0.4) is 0 Å². The monoisotopic (exact) mass is 1120 g/mol. The molecule has 0 saturated heterocycles. The maximum atomic E-state index is 14.1. The van der Waals surface area contributed by atoms with Gasteiger partial charge in [0, 0.05) is 19.4 Å². The summed E-state index contributed by atoms with van der Waals surface area (Å²) in [5, 5.41) is 39.9. The van der Waals surface area contributed by atoms with Gasteiger partial charge in [0.15, 0.2) is 5.96 Å². The second-order valence-electron chi connectivity index (χ2n) is 21.1. The summed E-state index contributed by atoms with van der Waals surface area (Å²) in [6.07, 6.45) is -0.880. The van der Waals surface area contributed by atoms with Gasteiger partial charge in [-0.2, -0.15) is 0 Å². The first-order valence-electron chi connectivity index (χ1n) is 26.7. The molecule has 27 nitrogen and oxygen atoms in total. The Morgan fingerprint density at radius 3 is 1.33 bits per heavy atom. The Morgan fingerprint density at radius 2 is 0.899 bits per heavy atom. The molecular formula is C52H88N14O13. The number of phenols is 1. The zero-order valence-electron chi connectivity index (χ0n) is 47.0. The van der Waals surface area contributed by atoms with Gasteiger partial charge in [0.25, 0.3) is 0 Å². The van der Waals surface area contributed by atoms with Crippen molar-refractivity contribution >= 4 is 71.0 Å². The largest absolute Gasteiger partial charge is 0.508 e. The standard InChI is InChI=1S/C52H88N14O13/c1-10-29(8)42(66-44(71)33(53)25-31-13-15-32(67)16-14-31)50(77)62-34(12-11-21-58-52(56)57)45(72)59-30(9)43(70)63-37(22-26(2)3)48(75)61-35(17-19-40(54)68)46(73)60-36(18-20-41(55)69)47(74)64-38(23-27(4)5)49(76)65-39(51(78)79)24-28(6)7/h13-16,26-30,33-39,42,67H,10-12,17-25,53H2,1-9H3,(H2,54,68)(H2,55,69)(H,59,72)(H,60,73)(H,61,75)(H,62,77)(H,63,70)(H,64,74)(H,65,76)(H,66,71)(H,78,79)(H4,56,57,58)/t29-,30-,33-,34-,35-,36-,37-,38-,39-,42-/m0/s1. The molecule has 0 fully saturated rings. The van der Waals surface area contributed by atoms with Gasteiger partial charge in [-0.15, -0.1) is 0 Å². The third-order valence-corrected chi connectivity index (χ3v) is 12.5. The van der Waals surface area contributed by atoms with Crippen molar-refractivity contribution in [2.24, 2.45) is 57.3 Å². The summed E-state index contributed by atoms with van der Waals surface area (Å²) in [5.74, 6) is -11.0. The lowest BCUT2D eigenvalue weighted by atomic mass is 9.96. The van der Waals surface area contributed by atoms with Crippen LogP contribution in [0, 0.1) is 23.7 Å². The van der Waals surface area contributed by atoms with E-state index >= 15 is 0 Å². The maximum absolute atomic E-state index is 14.1. The first kappa shape index (κ1) is 69.4. The van der Waals surface area contributed by atoms with E-state index in [1.807, 2.05) is 0 Å². The van der Waals surface area contributed by atoms with Crippen molar-refractivity contribution in [3.63, 3.8) is 0 Å². The Labute approximate surface area is 462 Å². The number of aromatic hydroxyl groups is 1. The van der Waals surface area contributed by atoms with Gasteiger partial charge < -0.3 is 81.4 Å². The molecule has 1 aromatic carbocycles. The number of nitrogens with two attached hydrogens (primary N) is 5. The van der Waals surface area contributed by atoms with Crippen LogP contribution in [0.25, 0.3) is 0 Å². The molecule has 1 rings (SSSR count). The molecule has 79 heavy (non-hydrogen) atoms. The van der Waals surface area contributed by atoms with Crippen LogP contribution in [-0.4, -0.2) is 142 Å². The Morgan fingerprint density at radius 1 is 0.506 bits per heavy atom. The number of amides is 10. The number of guanidine groups is 1. The third kappa shape index (κ3) is 27.5. The van der Waals surface area contributed by atoms with Crippen molar-refractivity contribution in [2.75, 3.05) is 6.54 Å². The highest BCUT2D eigenvalue weighted by Crippen LogP contribution is 2.15. The number of primary amides is 2. The van der Waals surface area contributed by atoms with Gasteiger partial charge >= 0.3 is 5.97 Å². The summed E-state index contributed by atoms with van der Waals surface area (Å²) in [7, 11) is 0. The molecule has 0 aromatic heterocycles. The lowest BCUT2D eigenvalue weighted by Gasteiger charge is -2.29. The average molecular weight is 1120 g/mol. The molecule has 20 N–H and O–H groups in total. The van der Waals surface area contributed by atoms with Gasteiger partial charge in [0.1, 0.15) is 54.1 Å². The molecule has 0 aliphatic heterocycles. The molecule has 0 bridgehead atoms. The van der Waals surface area contributed by atoms with E-state index in [1.165, 1.54) is 19.1 Å². The van der Waals surface area contributed by atoms with Gasteiger partial charge in [-0.25, -0.2) is 4.79 Å². The predicted molar refractivity (Wildman–Crippen MR) is 293 cm³/mol. The Kier molecular flexibility index (Phi) is 30.8. The minimum Gasteiger partial charge on any atom is -0.508 e. The minimum absolute atomic E-state index is 0.0178. The lowest BCUT2D eigenvalue weighted by Crippen LogP contribution is -2.60. The number of aliphatic carboxylic acids is 1. The highest BCUT2D eigenvalue weighted by Gasteiger charge is 2.36. The van der Waals surface area contributed by atoms with Crippen LogP contribution < -0.4 is 71.2 Å². The molecule has 444 valence electrons. The van der Waals surface area contributed by atoms with E-state index in [-0.39, 0.29) is 81.0 Å². The predicted octanol–water partition coefficient (Wildman–Crippen LogP) is -1.99. The van der Waals surface area contributed by atoms with Gasteiger partial charge in [-0.05, 0) is 99.7 Å². The summed E-state index contributed by atoms with van der Waals surface area (Å²) in [4.78, 5) is 150. The normalized spacial score (nSPS) is 15.0. The smallest absolute Gasteiger partial charge is 0.326 e. The average Bonchev–Trinajstić information content (AvgIpc) is 3.35. The minimum atomic E-state index is -1.59. The van der Waals surface area contributed by atoms with E-state index in [4.69, 9.17) is 28.7 Å². The van der Waals surface area contributed by atoms with Crippen LogP contribution in [0.1, 0.15) is 132 Å². The number of nitrogens with zero attached hydrogens (tertiary/aromatic N) is 1. The molecule has 10 atom stereocenters. The first-order valence-corrected chi connectivity index (χ1v) is 26.7. The van der Waals surface area contributed by atoms with E-state index in [2.05, 4.69) is 47.5 Å². The van der Waals surface area contributed by atoms with Crippen LogP contribution in [0.5, 0.6) is 5.75 Å². The van der Waals surface area contributed by atoms with E-state index in [9.17, 15) is 63.0 Å². The van der Waals surface area contributed by atoms with E-state index in [1.54, 1.807) is 67.5 Å². The van der Waals surface area contributed by atoms with Gasteiger partial charge in [-0.1, -0.05) is 73.9 Å². The van der Waals surface area contributed by atoms with Crippen molar-refractivity contribution < 1.29 is 63.0 Å². The summed E-state index contributed by atoms with van der Waals surface area (Å²) in [6, 6.07) is -5.89. The van der Waals surface area contributed by atoms with Crippen LogP contribution in [-0.2, 0) is 59.2 Å². The summed E-state index contributed by atoms with van der Waals surface area (Å²) >= 11 is 0. The van der Waals surface area contributed by atoms with E-state index < -0.39 is 145 Å². The molecule has 0 spiro atoms. The molecule has 0 aliphatic carbocycles. The van der Waals surface area contributed by atoms with E-state index in [0.717, 1.165) is 0 Å². The molecule has 10 amide bonds. The SMILES string of the molecule is CC[C@H](C)[C@H](NC(=O)[C@@H](N)Cc1ccc(O)cc1)C(=O)N[C@@H](CCCN=C(N)N)C(=O)N[C@@H](C)C(=O)N[C@@H](CC(C)C)C(=O)N[C@@H](CCC(N)=O)C(=O)N[C@@H](CCC(N)=O)C(=O)N[C@@H](CC(C)C)C(=O)N[C@@H](CC(C)C)C(=O)O. The molecule has 1 aromatic rings. The third-order valence-electron chi connectivity index (χ3n) is 12.5. The Hall–Kier alpha value is -7.58. The molecule has 0 heterocycles. The molecule has 27 heteroatoms. The number of nitrogens with one attached hydrogen (secondary N) is 8. The van der Waals surface area contributed by atoms with Crippen molar-refractivity contribution in [1.82, 2.24) is 42.5 Å². The number of phenolic OH excluding ortho intramolecular Hbond substituents is 1. The zero-order chi connectivity index (χ0) is 60.3. The quantitative estimate of drug-likeness (QED) is 0.0195. The highest BCUT2D eigenvalue weighted by atomic mass is 16.4. The number of benzene rings is 1.